The van der Waals surface area contributed by atoms with Gasteiger partial charge in [-0.3, -0.25) is 9.36 Å². The summed E-state index contributed by atoms with van der Waals surface area (Å²) in [6.45, 7) is 0. The number of nitrogens with one attached hydrogen (secondary N) is 1. The summed E-state index contributed by atoms with van der Waals surface area (Å²) in [4.78, 5) is 12.5. The van der Waals surface area contributed by atoms with Crippen molar-refractivity contribution in [3.05, 3.63) is 48.3 Å². The number of methoxy groups -OCH3 is 2. The van der Waals surface area contributed by atoms with E-state index in [1.807, 2.05) is 18.2 Å². The fourth-order valence-electron chi connectivity index (χ4n) is 4.09. The summed E-state index contributed by atoms with van der Waals surface area (Å²) in [7, 11) is 3.20. The van der Waals surface area contributed by atoms with Crippen LogP contribution in [0.1, 0.15) is 38.1 Å². The molecule has 0 radical (unpaired) electrons. The maximum Gasteiger partial charge on any atom is 0.234 e. The lowest BCUT2D eigenvalue weighted by atomic mass is 9.95. The number of rotatable bonds is 8. The van der Waals surface area contributed by atoms with Gasteiger partial charge in [0.25, 0.3) is 0 Å². The molecule has 0 bridgehead atoms. The van der Waals surface area contributed by atoms with E-state index in [0.29, 0.717) is 16.7 Å². The number of para-hydroxylation sites is 1. The molecule has 4 rings (SSSR count). The van der Waals surface area contributed by atoms with Gasteiger partial charge in [0.1, 0.15) is 5.82 Å². The van der Waals surface area contributed by atoms with E-state index in [9.17, 15) is 9.18 Å². The van der Waals surface area contributed by atoms with Crippen LogP contribution in [-0.4, -0.2) is 40.6 Å². The van der Waals surface area contributed by atoms with Crippen LogP contribution in [0.2, 0.25) is 0 Å². The second kappa shape index (κ2) is 10.7. The normalized spacial score (nSPS) is 14.2. The Hall–Kier alpha value is -3.07. The van der Waals surface area contributed by atoms with Crippen molar-refractivity contribution < 1.29 is 18.7 Å². The van der Waals surface area contributed by atoms with Gasteiger partial charge in [0.15, 0.2) is 22.5 Å². The SMILES string of the molecule is COc1ccc(-c2nnc(SCC(=O)Nc3ccccc3F)n2C2CCCCC2)cc1OC. The molecule has 7 nitrogen and oxygen atoms in total. The number of amides is 1. The van der Waals surface area contributed by atoms with Gasteiger partial charge >= 0.3 is 0 Å². The Morgan fingerprint density at radius 2 is 1.85 bits per heavy atom. The molecule has 2 aromatic carbocycles. The van der Waals surface area contributed by atoms with Gasteiger partial charge < -0.3 is 14.8 Å². The molecular formula is C24H27FN4O3S. The highest BCUT2D eigenvalue weighted by Gasteiger charge is 2.25. The molecule has 0 aliphatic heterocycles. The van der Waals surface area contributed by atoms with Crippen molar-refractivity contribution in [3.63, 3.8) is 0 Å². The third-order valence-corrected chi connectivity index (χ3v) is 6.67. The highest BCUT2D eigenvalue weighted by atomic mass is 32.2. The van der Waals surface area contributed by atoms with Crippen LogP contribution >= 0.6 is 11.8 Å². The van der Waals surface area contributed by atoms with Crippen molar-refractivity contribution in [1.29, 1.82) is 0 Å². The summed E-state index contributed by atoms with van der Waals surface area (Å²) in [5, 5.41) is 12.2. The van der Waals surface area contributed by atoms with Gasteiger partial charge in [-0.25, -0.2) is 4.39 Å². The van der Waals surface area contributed by atoms with Gasteiger partial charge in [-0.1, -0.05) is 43.2 Å². The number of benzene rings is 2. The zero-order valence-corrected chi connectivity index (χ0v) is 19.5. The molecule has 1 saturated carbocycles. The van der Waals surface area contributed by atoms with Crippen molar-refractivity contribution in [2.45, 2.75) is 43.3 Å². The predicted octanol–water partition coefficient (Wildman–Crippen LogP) is 5.34. The molecule has 174 valence electrons. The molecule has 0 atom stereocenters. The van der Waals surface area contributed by atoms with E-state index in [1.54, 1.807) is 26.4 Å². The first kappa shape index (κ1) is 23.1. The fourth-order valence-corrected chi connectivity index (χ4v) is 4.90. The van der Waals surface area contributed by atoms with Crippen molar-refractivity contribution in [2.75, 3.05) is 25.3 Å². The molecule has 33 heavy (non-hydrogen) atoms. The topological polar surface area (TPSA) is 78.3 Å². The second-order valence-electron chi connectivity index (χ2n) is 7.85. The van der Waals surface area contributed by atoms with Gasteiger partial charge in [-0.05, 0) is 43.2 Å². The van der Waals surface area contributed by atoms with E-state index in [2.05, 4.69) is 20.1 Å². The minimum Gasteiger partial charge on any atom is -0.493 e. The average Bonchev–Trinajstić information content (AvgIpc) is 3.28. The second-order valence-corrected chi connectivity index (χ2v) is 8.80. The van der Waals surface area contributed by atoms with E-state index in [1.165, 1.54) is 30.3 Å². The lowest BCUT2D eigenvalue weighted by molar-refractivity contribution is -0.113. The van der Waals surface area contributed by atoms with E-state index >= 15 is 0 Å². The standard InChI is InChI=1S/C24H27FN4O3S/c1-31-20-13-12-16(14-21(20)32-2)23-27-28-24(29(23)17-8-4-3-5-9-17)33-15-22(30)26-19-11-7-6-10-18(19)25/h6-7,10-14,17H,3-5,8-9,15H2,1-2H3,(H,26,30). The Kier molecular flexibility index (Phi) is 7.49. The minimum atomic E-state index is -0.461. The highest BCUT2D eigenvalue weighted by molar-refractivity contribution is 7.99. The van der Waals surface area contributed by atoms with Crippen LogP contribution in [0.25, 0.3) is 11.4 Å². The molecule has 1 aromatic heterocycles. The Balaban J connectivity index is 1.59. The largest absolute Gasteiger partial charge is 0.493 e. The van der Waals surface area contributed by atoms with Crippen LogP contribution in [0, 0.1) is 5.82 Å². The average molecular weight is 471 g/mol. The van der Waals surface area contributed by atoms with Crippen LogP contribution in [-0.2, 0) is 4.79 Å². The van der Waals surface area contributed by atoms with Crippen molar-refractivity contribution in [2.24, 2.45) is 0 Å². The fraction of sp³-hybridized carbons (Fsp3) is 0.375. The number of hydrogen-bond acceptors (Lipinski definition) is 6. The minimum absolute atomic E-state index is 0.102. The maximum atomic E-state index is 13.9. The van der Waals surface area contributed by atoms with Gasteiger partial charge in [0.2, 0.25) is 5.91 Å². The smallest absolute Gasteiger partial charge is 0.234 e. The summed E-state index contributed by atoms with van der Waals surface area (Å²) in [5.74, 6) is 1.34. The number of anilines is 1. The summed E-state index contributed by atoms with van der Waals surface area (Å²) < 4.78 is 26.8. The Morgan fingerprint density at radius 1 is 1.09 bits per heavy atom. The zero-order chi connectivity index (χ0) is 23.2. The zero-order valence-electron chi connectivity index (χ0n) is 18.7. The lowest BCUT2D eigenvalue weighted by Crippen LogP contribution is -2.17. The lowest BCUT2D eigenvalue weighted by Gasteiger charge is -2.25. The number of hydrogen-bond donors (Lipinski definition) is 1. The number of nitrogens with zero attached hydrogens (tertiary/aromatic N) is 3. The van der Waals surface area contributed by atoms with E-state index in [0.717, 1.165) is 37.1 Å². The third-order valence-electron chi connectivity index (χ3n) is 5.73. The van der Waals surface area contributed by atoms with Crippen LogP contribution in [0.15, 0.2) is 47.6 Å². The third kappa shape index (κ3) is 5.30. The monoisotopic (exact) mass is 470 g/mol. The summed E-state index contributed by atoms with van der Waals surface area (Å²) in [6, 6.07) is 12.1. The number of thioether (sulfide) groups is 1. The molecule has 1 amide bonds. The molecule has 0 unspecified atom stereocenters. The predicted molar refractivity (Wildman–Crippen MR) is 126 cm³/mol. The maximum absolute atomic E-state index is 13.9. The molecule has 9 heteroatoms. The van der Waals surface area contributed by atoms with Crippen LogP contribution in [0.5, 0.6) is 11.5 Å². The number of aromatic nitrogens is 3. The number of ether oxygens (including phenoxy) is 2. The molecule has 0 spiro atoms. The van der Waals surface area contributed by atoms with Crippen LogP contribution in [0.3, 0.4) is 0 Å². The highest BCUT2D eigenvalue weighted by Crippen LogP contribution is 2.38. The first-order chi connectivity index (χ1) is 16.1. The summed E-state index contributed by atoms with van der Waals surface area (Å²) >= 11 is 1.31. The van der Waals surface area contributed by atoms with Crippen LogP contribution < -0.4 is 14.8 Å². The first-order valence-corrected chi connectivity index (χ1v) is 11.9. The summed E-state index contributed by atoms with van der Waals surface area (Å²) in [6.07, 6.45) is 5.58. The van der Waals surface area contributed by atoms with Gasteiger partial charge in [0.05, 0.1) is 25.7 Å². The molecule has 1 aliphatic carbocycles. The molecule has 1 fully saturated rings. The van der Waals surface area contributed by atoms with E-state index in [-0.39, 0.29) is 23.4 Å². The number of carbonyl (C=O) groups is 1. The van der Waals surface area contributed by atoms with E-state index < -0.39 is 5.82 Å². The Bertz CT molecular complexity index is 1110. The number of halogens is 1. The van der Waals surface area contributed by atoms with Gasteiger partial charge in [-0.15, -0.1) is 10.2 Å². The Labute approximate surface area is 196 Å². The van der Waals surface area contributed by atoms with Crippen molar-refractivity contribution >= 4 is 23.4 Å². The van der Waals surface area contributed by atoms with Crippen LogP contribution in [0.4, 0.5) is 10.1 Å². The molecule has 1 heterocycles. The van der Waals surface area contributed by atoms with Gasteiger partial charge in [0, 0.05) is 11.6 Å². The van der Waals surface area contributed by atoms with Gasteiger partial charge in [-0.2, -0.15) is 0 Å². The quantitative estimate of drug-likeness (QED) is 0.448. The molecular weight excluding hydrogens is 443 g/mol. The van der Waals surface area contributed by atoms with Crippen molar-refractivity contribution in [3.8, 4) is 22.9 Å². The van der Waals surface area contributed by atoms with E-state index in [4.69, 9.17) is 9.47 Å². The van der Waals surface area contributed by atoms with Crippen molar-refractivity contribution in [1.82, 2.24) is 14.8 Å². The molecule has 1 N–H and O–H groups in total. The number of carbonyl (C=O) groups excluding carboxylic acids is 1. The molecule has 3 aromatic rings. The first-order valence-electron chi connectivity index (χ1n) is 10.9. The Morgan fingerprint density at radius 3 is 2.58 bits per heavy atom. The molecule has 1 aliphatic rings. The summed E-state index contributed by atoms with van der Waals surface area (Å²) in [5.41, 5.74) is 1.04. The molecule has 0 saturated heterocycles.